The highest BCUT2D eigenvalue weighted by Gasteiger charge is 2.51. The standard InChI is InChI=1S/C26H35N3O3S/c1-2-3-14-33(31,32)29-22-10-5-4-9-21(22)28-24-16-18-15-23-19-8-6-7-11-26(19,12-13-27-23)20(18)17-25(24)30/h4-5,9-10,16-17,19,23,27-30H,2-3,6-8,11-15H2,1H3/t19-,23+,26+/m0/s1. The van der Waals surface area contributed by atoms with Crippen LogP contribution in [0.1, 0.15) is 63.0 Å². The quantitative estimate of drug-likeness (QED) is 0.427. The molecule has 4 N–H and O–H groups in total. The fourth-order valence-electron chi connectivity index (χ4n) is 6.45. The van der Waals surface area contributed by atoms with Gasteiger partial charge in [0, 0.05) is 11.5 Å². The number of benzene rings is 2. The number of phenols is 1. The van der Waals surface area contributed by atoms with Crippen molar-refractivity contribution in [2.75, 3.05) is 22.3 Å². The molecule has 2 aromatic rings. The van der Waals surface area contributed by atoms with Crippen molar-refractivity contribution in [3.8, 4) is 5.75 Å². The van der Waals surface area contributed by atoms with Gasteiger partial charge in [0.05, 0.1) is 22.8 Å². The van der Waals surface area contributed by atoms with Crippen molar-refractivity contribution in [1.82, 2.24) is 5.32 Å². The Morgan fingerprint density at radius 1 is 1.12 bits per heavy atom. The average molecular weight is 470 g/mol. The van der Waals surface area contributed by atoms with E-state index < -0.39 is 10.0 Å². The molecule has 0 amide bonds. The number of piperidine rings is 1. The number of hydrogen-bond acceptors (Lipinski definition) is 5. The molecule has 2 aromatic carbocycles. The van der Waals surface area contributed by atoms with E-state index in [4.69, 9.17) is 0 Å². The average Bonchev–Trinajstić information content (AvgIpc) is 2.80. The lowest BCUT2D eigenvalue weighted by Crippen LogP contribution is -2.59. The molecule has 1 heterocycles. The Kier molecular flexibility index (Phi) is 6.04. The van der Waals surface area contributed by atoms with Gasteiger partial charge < -0.3 is 15.7 Å². The Morgan fingerprint density at radius 3 is 2.76 bits per heavy atom. The smallest absolute Gasteiger partial charge is 0.232 e. The van der Waals surface area contributed by atoms with Gasteiger partial charge in [0.1, 0.15) is 5.75 Å². The first-order chi connectivity index (χ1) is 15.9. The van der Waals surface area contributed by atoms with Crippen molar-refractivity contribution in [2.45, 2.75) is 69.7 Å². The lowest BCUT2D eigenvalue weighted by Gasteiger charge is -2.56. The highest BCUT2D eigenvalue weighted by atomic mass is 32.2. The predicted molar refractivity (Wildman–Crippen MR) is 134 cm³/mol. The number of fused-ring (bicyclic) bond motifs is 1. The first-order valence-corrected chi connectivity index (χ1v) is 14.0. The molecule has 0 unspecified atom stereocenters. The van der Waals surface area contributed by atoms with E-state index in [1.807, 2.05) is 31.2 Å². The summed E-state index contributed by atoms with van der Waals surface area (Å²) in [6, 6.07) is 11.8. The highest BCUT2D eigenvalue weighted by Crippen LogP contribution is 2.55. The molecule has 2 aliphatic carbocycles. The van der Waals surface area contributed by atoms with Gasteiger partial charge in [-0.05, 0) is 80.0 Å². The van der Waals surface area contributed by atoms with E-state index >= 15 is 0 Å². The Balaban J connectivity index is 1.46. The lowest BCUT2D eigenvalue weighted by molar-refractivity contribution is 0.0796. The number of sulfonamides is 1. The van der Waals surface area contributed by atoms with Crippen LogP contribution in [0.25, 0.3) is 0 Å². The number of anilines is 3. The van der Waals surface area contributed by atoms with Crippen LogP contribution in [-0.2, 0) is 21.9 Å². The molecule has 2 fully saturated rings. The van der Waals surface area contributed by atoms with Gasteiger partial charge >= 0.3 is 0 Å². The third kappa shape index (κ3) is 4.21. The maximum absolute atomic E-state index is 12.5. The molecule has 1 saturated heterocycles. The van der Waals surface area contributed by atoms with Crippen molar-refractivity contribution in [3.05, 3.63) is 47.5 Å². The summed E-state index contributed by atoms with van der Waals surface area (Å²) in [5.74, 6) is 0.983. The van der Waals surface area contributed by atoms with Crippen molar-refractivity contribution >= 4 is 27.1 Å². The number of rotatable bonds is 7. The van der Waals surface area contributed by atoms with E-state index in [0.717, 1.165) is 25.8 Å². The molecular formula is C26H35N3O3S. The maximum Gasteiger partial charge on any atom is 0.232 e. The summed E-state index contributed by atoms with van der Waals surface area (Å²) in [6.07, 6.45) is 8.58. The molecule has 33 heavy (non-hydrogen) atoms. The Labute approximate surface area is 197 Å². The monoisotopic (exact) mass is 469 g/mol. The van der Waals surface area contributed by atoms with Crippen molar-refractivity contribution in [2.24, 2.45) is 5.92 Å². The minimum Gasteiger partial charge on any atom is -0.506 e. The predicted octanol–water partition coefficient (Wildman–Crippen LogP) is 5.02. The molecule has 1 aliphatic heterocycles. The Morgan fingerprint density at radius 2 is 1.94 bits per heavy atom. The number of para-hydroxylation sites is 2. The van der Waals surface area contributed by atoms with Crippen molar-refractivity contribution < 1.29 is 13.5 Å². The number of unbranched alkanes of at least 4 members (excludes halogenated alkanes) is 1. The third-order valence-corrected chi connectivity index (χ3v) is 9.34. The molecule has 0 radical (unpaired) electrons. The van der Waals surface area contributed by atoms with Crippen LogP contribution < -0.4 is 15.4 Å². The molecule has 6 nitrogen and oxygen atoms in total. The molecule has 1 saturated carbocycles. The molecule has 3 aliphatic rings. The molecule has 2 bridgehead atoms. The normalized spacial score (nSPS) is 26.2. The van der Waals surface area contributed by atoms with Crippen LogP contribution in [0.3, 0.4) is 0 Å². The van der Waals surface area contributed by atoms with Crippen molar-refractivity contribution in [3.63, 3.8) is 0 Å². The van der Waals surface area contributed by atoms with Crippen LogP contribution >= 0.6 is 0 Å². The first-order valence-electron chi connectivity index (χ1n) is 12.4. The zero-order valence-corrected chi connectivity index (χ0v) is 20.2. The lowest BCUT2D eigenvalue weighted by atomic mass is 9.53. The number of nitrogens with one attached hydrogen (secondary N) is 3. The summed E-state index contributed by atoms with van der Waals surface area (Å²) in [5, 5.41) is 18.1. The molecule has 3 atom stereocenters. The van der Waals surface area contributed by atoms with Crippen molar-refractivity contribution in [1.29, 1.82) is 0 Å². The second-order valence-electron chi connectivity index (χ2n) is 9.99. The summed E-state index contributed by atoms with van der Waals surface area (Å²) in [7, 11) is -3.42. The summed E-state index contributed by atoms with van der Waals surface area (Å²) in [6.45, 7) is 3.02. The summed E-state index contributed by atoms with van der Waals surface area (Å²) >= 11 is 0. The van der Waals surface area contributed by atoms with Gasteiger partial charge in [0.2, 0.25) is 10.0 Å². The van der Waals surface area contributed by atoms with E-state index in [0.29, 0.717) is 35.4 Å². The fourth-order valence-corrected chi connectivity index (χ4v) is 7.73. The fraction of sp³-hybridized carbons (Fsp3) is 0.538. The van der Waals surface area contributed by atoms with Crippen LogP contribution in [0, 0.1) is 5.92 Å². The molecule has 0 spiro atoms. The van der Waals surface area contributed by atoms with Gasteiger partial charge in [0.25, 0.3) is 0 Å². The topological polar surface area (TPSA) is 90.5 Å². The van der Waals surface area contributed by atoms with E-state index in [1.54, 1.807) is 6.07 Å². The number of phenolic OH excluding ortho intramolecular Hbond substituents is 1. The van der Waals surface area contributed by atoms with Gasteiger partial charge in [-0.15, -0.1) is 0 Å². The van der Waals surface area contributed by atoms with Gasteiger partial charge in [0.15, 0.2) is 0 Å². The Hall–Kier alpha value is -2.25. The summed E-state index contributed by atoms with van der Waals surface area (Å²) in [4.78, 5) is 0. The van der Waals surface area contributed by atoms with Gasteiger partial charge in [-0.1, -0.05) is 38.3 Å². The van der Waals surface area contributed by atoms with Gasteiger partial charge in [-0.2, -0.15) is 0 Å². The maximum atomic E-state index is 12.5. The summed E-state index contributed by atoms with van der Waals surface area (Å²) < 4.78 is 27.7. The minimum atomic E-state index is -3.42. The van der Waals surface area contributed by atoms with Crippen LogP contribution in [0.5, 0.6) is 5.75 Å². The van der Waals surface area contributed by atoms with Crippen LogP contribution in [0.2, 0.25) is 0 Å². The third-order valence-electron chi connectivity index (χ3n) is 7.99. The summed E-state index contributed by atoms with van der Waals surface area (Å²) in [5.41, 5.74) is 4.57. The van der Waals surface area contributed by atoms with E-state index in [9.17, 15) is 13.5 Å². The van der Waals surface area contributed by atoms with Gasteiger partial charge in [-0.25, -0.2) is 8.42 Å². The van der Waals surface area contributed by atoms with E-state index in [1.165, 1.54) is 36.8 Å². The molecular weight excluding hydrogens is 434 g/mol. The number of hydrogen-bond donors (Lipinski definition) is 4. The van der Waals surface area contributed by atoms with Crippen LogP contribution in [0.15, 0.2) is 36.4 Å². The van der Waals surface area contributed by atoms with Crippen LogP contribution in [-0.4, -0.2) is 31.9 Å². The van der Waals surface area contributed by atoms with Crippen LogP contribution in [0.4, 0.5) is 17.1 Å². The second-order valence-corrected chi connectivity index (χ2v) is 11.8. The number of aromatic hydroxyl groups is 1. The minimum absolute atomic E-state index is 0.0968. The largest absolute Gasteiger partial charge is 0.506 e. The highest BCUT2D eigenvalue weighted by molar-refractivity contribution is 7.92. The molecule has 7 heteroatoms. The zero-order chi connectivity index (χ0) is 23.1. The Bertz CT molecular complexity index is 1130. The zero-order valence-electron chi connectivity index (χ0n) is 19.4. The van der Waals surface area contributed by atoms with E-state index in [2.05, 4.69) is 21.4 Å². The molecule has 0 aromatic heterocycles. The second kappa shape index (κ2) is 8.84. The van der Waals surface area contributed by atoms with Gasteiger partial charge in [-0.3, -0.25) is 4.72 Å². The first kappa shape index (κ1) is 22.5. The molecule has 178 valence electrons. The SMILES string of the molecule is CCCCS(=O)(=O)Nc1ccccc1Nc1cc2c(cc1O)[C@@]13CCCC[C@H]1[C@@H](C2)NCC3. The van der Waals surface area contributed by atoms with E-state index in [-0.39, 0.29) is 16.9 Å². The molecule has 5 rings (SSSR count).